The number of aliphatic hydroxyl groups excluding tert-OH is 1. The zero-order valence-electron chi connectivity index (χ0n) is 13.8. The van der Waals surface area contributed by atoms with Gasteiger partial charge in [-0.15, -0.1) is 0 Å². The van der Waals surface area contributed by atoms with E-state index in [4.69, 9.17) is 4.74 Å². The number of piperidine rings is 1. The van der Waals surface area contributed by atoms with Crippen LogP contribution in [0.4, 0.5) is 10.1 Å². The van der Waals surface area contributed by atoms with Gasteiger partial charge in [0, 0.05) is 18.0 Å². The predicted octanol–water partition coefficient (Wildman–Crippen LogP) is 2.63. The summed E-state index contributed by atoms with van der Waals surface area (Å²) in [6.45, 7) is 0. The first-order valence-corrected chi connectivity index (χ1v) is 8.09. The quantitative estimate of drug-likeness (QED) is 0.836. The molecule has 6 heteroatoms. The molecule has 0 saturated carbocycles. The fourth-order valence-corrected chi connectivity index (χ4v) is 3.33. The SMILES string of the molecule is COc1ccc(N2C(=O)CCC(C(O)O)C2c2ccc(F)cc2)cc1. The van der Waals surface area contributed by atoms with E-state index < -0.39 is 18.2 Å². The first-order chi connectivity index (χ1) is 12.0. The molecule has 2 unspecified atom stereocenters. The molecule has 132 valence electrons. The Morgan fingerprint density at radius 3 is 2.32 bits per heavy atom. The van der Waals surface area contributed by atoms with Crippen LogP contribution >= 0.6 is 0 Å². The third-order valence-electron chi connectivity index (χ3n) is 4.59. The van der Waals surface area contributed by atoms with Gasteiger partial charge in [0.2, 0.25) is 5.91 Å². The molecule has 2 N–H and O–H groups in total. The molecule has 1 heterocycles. The lowest BCUT2D eigenvalue weighted by Gasteiger charge is -2.42. The largest absolute Gasteiger partial charge is 0.497 e. The molecule has 0 spiro atoms. The number of anilines is 1. The van der Waals surface area contributed by atoms with Gasteiger partial charge in [0.05, 0.1) is 13.2 Å². The van der Waals surface area contributed by atoms with Crippen molar-refractivity contribution in [2.45, 2.75) is 25.2 Å². The molecule has 1 saturated heterocycles. The zero-order chi connectivity index (χ0) is 18.0. The molecule has 0 aromatic heterocycles. The molecule has 25 heavy (non-hydrogen) atoms. The minimum atomic E-state index is -1.58. The molecule has 1 fully saturated rings. The van der Waals surface area contributed by atoms with Crippen LogP contribution in [0.15, 0.2) is 48.5 Å². The molecular weight excluding hydrogens is 325 g/mol. The van der Waals surface area contributed by atoms with E-state index in [1.165, 1.54) is 12.1 Å². The minimum absolute atomic E-state index is 0.114. The lowest BCUT2D eigenvalue weighted by Crippen LogP contribution is -2.46. The Morgan fingerprint density at radius 2 is 1.76 bits per heavy atom. The normalized spacial score (nSPS) is 20.8. The van der Waals surface area contributed by atoms with E-state index in [0.717, 1.165) is 0 Å². The molecule has 0 radical (unpaired) electrons. The summed E-state index contributed by atoms with van der Waals surface area (Å²) in [4.78, 5) is 14.2. The number of methoxy groups -OCH3 is 1. The molecule has 5 nitrogen and oxygen atoms in total. The summed E-state index contributed by atoms with van der Waals surface area (Å²) >= 11 is 0. The van der Waals surface area contributed by atoms with Crippen molar-refractivity contribution >= 4 is 11.6 Å². The van der Waals surface area contributed by atoms with Gasteiger partial charge in [-0.05, 0) is 48.4 Å². The van der Waals surface area contributed by atoms with E-state index in [2.05, 4.69) is 0 Å². The minimum Gasteiger partial charge on any atom is -0.497 e. The van der Waals surface area contributed by atoms with Gasteiger partial charge in [-0.1, -0.05) is 12.1 Å². The van der Waals surface area contributed by atoms with Crippen LogP contribution < -0.4 is 9.64 Å². The molecule has 0 bridgehead atoms. The Labute approximate surface area is 145 Å². The number of carbonyl (C=O) groups is 1. The van der Waals surface area contributed by atoms with E-state index in [1.54, 1.807) is 48.4 Å². The number of hydrogen-bond acceptors (Lipinski definition) is 4. The number of carbonyl (C=O) groups excluding carboxylic acids is 1. The van der Waals surface area contributed by atoms with Gasteiger partial charge in [0.1, 0.15) is 11.6 Å². The van der Waals surface area contributed by atoms with Crippen LogP contribution in [0, 0.1) is 11.7 Å². The van der Waals surface area contributed by atoms with Crippen molar-refractivity contribution in [3.05, 3.63) is 59.9 Å². The third kappa shape index (κ3) is 3.50. The van der Waals surface area contributed by atoms with E-state index >= 15 is 0 Å². The number of ether oxygens (including phenoxy) is 1. The van der Waals surface area contributed by atoms with Gasteiger partial charge in [-0.2, -0.15) is 0 Å². The Bertz CT molecular complexity index is 730. The van der Waals surface area contributed by atoms with Crippen molar-refractivity contribution in [2.24, 2.45) is 5.92 Å². The summed E-state index contributed by atoms with van der Waals surface area (Å²) < 4.78 is 18.4. The molecule has 3 rings (SSSR count). The van der Waals surface area contributed by atoms with Gasteiger partial charge < -0.3 is 19.8 Å². The van der Waals surface area contributed by atoms with Crippen LogP contribution in [0.5, 0.6) is 5.75 Å². The zero-order valence-corrected chi connectivity index (χ0v) is 13.8. The molecule has 1 amide bonds. The highest BCUT2D eigenvalue weighted by Gasteiger charge is 2.40. The first-order valence-electron chi connectivity index (χ1n) is 8.09. The van der Waals surface area contributed by atoms with E-state index in [0.29, 0.717) is 23.4 Å². The predicted molar refractivity (Wildman–Crippen MR) is 90.6 cm³/mol. The van der Waals surface area contributed by atoms with Crippen LogP contribution in [0.2, 0.25) is 0 Å². The maximum atomic E-state index is 13.3. The lowest BCUT2D eigenvalue weighted by molar-refractivity contribution is -0.129. The number of amides is 1. The van der Waals surface area contributed by atoms with Crippen LogP contribution in [0.3, 0.4) is 0 Å². The summed E-state index contributed by atoms with van der Waals surface area (Å²) in [6.07, 6.45) is -1.01. The van der Waals surface area contributed by atoms with Crippen LogP contribution in [0.25, 0.3) is 0 Å². The number of hydrogen-bond donors (Lipinski definition) is 2. The van der Waals surface area contributed by atoms with E-state index in [1.807, 2.05) is 0 Å². The number of aliphatic hydroxyl groups is 2. The van der Waals surface area contributed by atoms with Crippen molar-refractivity contribution in [1.29, 1.82) is 0 Å². The lowest BCUT2D eigenvalue weighted by atomic mass is 9.83. The number of rotatable bonds is 4. The van der Waals surface area contributed by atoms with Crippen LogP contribution in [-0.2, 0) is 4.79 Å². The average molecular weight is 345 g/mol. The summed E-state index contributed by atoms with van der Waals surface area (Å²) in [6, 6.07) is 12.2. The second-order valence-corrected chi connectivity index (χ2v) is 6.07. The second kappa shape index (κ2) is 7.21. The molecule has 2 aromatic carbocycles. The highest BCUT2D eigenvalue weighted by Crippen LogP contribution is 2.41. The Hall–Kier alpha value is -2.44. The van der Waals surface area contributed by atoms with E-state index in [-0.39, 0.29) is 18.1 Å². The maximum absolute atomic E-state index is 13.3. The van der Waals surface area contributed by atoms with Crippen molar-refractivity contribution in [2.75, 3.05) is 12.0 Å². The molecular formula is C19H20FNO4. The highest BCUT2D eigenvalue weighted by molar-refractivity contribution is 5.95. The van der Waals surface area contributed by atoms with Crippen molar-refractivity contribution in [3.63, 3.8) is 0 Å². The van der Waals surface area contributed by atoms with Crippen molar-refractivity contribution in [1.82, 2.24) is 0 Å². The summed E-state index contributed by atoms with van der Waals surface area (Å²) in [5.41, 5.74) is 1.29. The van der Waals surface area contributed by atoms with Gasteiger partial charge in [-0.25, -0.2) is 4.39 Å². The fraction of sp³-hybridized carbons (Fsp3) is 0.316. The van der Waals surface area contributed by atoms with Crippen molar-refractivity contribution < 1.29 is 24.1 Å². The van der Waals surface area contributed by atoms with Crippen molar-refractivity contribution in [3.8, 4) is 5.75 Å². The molecule has 0 aliphatic carbocycles. The number of benzene rings is 2. The summed E-state index contributed by atoms with van der Waals surface area (Å²) in [5.74, 6) is -0.407. The highest BCUT2D eigenvalue weighted by atomic mass is 19.1. The van der Waals surface area contributed by atoms with Gasteiger partial charge >= 0.3 is 0 Å². The first kappa shape index (κ1) is 17.4. The van der Waals surface area contributed by atoms with E-state index in [9.17, 15) is 19.4 Å². The monoisotopic (exact) mass is 345 g/mol. The van der Waals surface area contributed by atoms with Gasteiger partial charge in [0.25, 0.3) is 0 Å². The Kier molecular flexibility index (Phi) is 5.01. The standard InChI is InChI=1S/C19H20FNO4/c1-25-15-8-6-14(7-9-15)21-17(22)11-10-16(19(23)24)18(21)12-2-4-13(20)5-3-12/h2-9,16,18-19,23-24H,10-11H2,1H3. The molecule has 2 atom stereocenters. The molecule has 2 aromatic rings. The smallest absolute Gasteiger partial charge is 0.227 e. The summed E-state index contributed by atoms with van der Waals surface area (Å²) in [5, 5.41) is 19.6. The van der Waals surface area contributed by atoms with Crippen LogP contribution in [-0.4, -0.2) is 29.5 Å². The molecule has 1 aliphatic rings. The fourth-order valence-electron chi connectivity index (χ4n) is 3.33. The second-order valence-electron chi connectivity index (χ2n) is 6.07. The average Bonchev–Trinajstić information content (AvgIpc) is 2.62. The topological polar surface area (TPSA) is 70.0 Å². The third-order valence-corrected chi connectivity index (χ3v) is 4.59. The van der Waals surface area contributed by atoms with Crippen LogP contribution in [0.1, 0.15) is 24.4 Å². The molecule has 1 aliphatic heterocycles. The van der Waals surface area contributed by atoms with Gasteiger partial charge in [0.15, 0.2) is 6.29 Å². The Balaban J connectivity index is 2.06. The number of nitrogens with zero attached hydrogens (tertiary/aromatic N) is 1. The summed E-state index contributed by atoms with van der Waals surface area (Å²) in [7, 11) is 1.56. The number of halogens is 1. The van der Waals surface area contributed by atoms with Gasteiger partial charge in [-0.3, -0.25) is 4.79 Å². The maximum Gasteiger partial charge on any atom is 0.227 e. The Morgan fingerprint density at radius 1 is 1.12 bits per heavy atom.